The Morgan fingerprint density at radius 1 is 1.48 bits per heavy atom. The molecule has 1 heterocycles. The third-order valence-corrected chi connectivity index (χ3v) is 3.36. The van der Waals surface area contributed by atoms with Crippen LogP contribution in [0, 0.1) is 10.1 Å². The van der Waals surface area contributed by atoms with E-state index in [1.165, 1.54) is 13.0 Å². The molecule has 1 aliphatic heterocycles. The number of rotatable bonds is 4. The van der Waals surface area contributed by atoms with Crippen LogP contribution >= 0.6 is 11.6 Å². The van der Waals surface area contributed by atoms with Gasteiger partial charge in [-0.05, 0) is 19.1 Å². The number of carbonyl (C=O) groups excluding carboxylic acids is 3. The minimum Gasteiger partial charge on any atom is -0.449 e. The summed E-state index contributed by atoms with van der Waals surface area (Å²) in [5.41, 5.74) is -0.856. The zero-order chi connectivity index (χ0) is 17.1. The molecule has 2 rings (SSSR count). The Morgan fingerprint density at radius 2 is 2.17 bits per heavy atom. The van der Waals surface area contributed by atoms with E-state index in [9.17, 15) is 24.5 Å². The largest absolute Gasteiger partial charge is 0.449 e. The molecule has 0 radical (unpaired) electrons. The SMILES string of the molecule is C[C@H](OC(=O)c1cc(Cl)ccc1[N+](=O)[O-])C(=O)N1CCNC1=O. The average Bonchev–Trinajstić information content (AvgIpc) is 2.91. The van der Waals surface area contributed by atoms with Gasteiger partial charge in [0.1, 0.15) is 5.56 Å². The fraction of sp³-hybridized carbons (Fsp3) is 0.308. The first-order chi connectivity index (χ1) is 10.8. The number of nitrogens with one attached hydrogen (secondary N) is 1. The van der Waals surface area contributed by atoms with E-state index in [0.717, 1.165) is 17.0 Å². The van der Waals surface area contributed by atoms with Crippen LogP contribution in [-0.4, -0.2) is 46.9 Å². The molecule has 1 atom stereocenters. The van der Waals surface area contributed by atoms with Crippen molar-refractivity contribution in [2.45, 2.75) is 13.0 Å². The molecule has 1 fully saturated rings. The van der Waals surface area contributed by atoms with Crippen molar-refractivity contribution >= 4 is 35.2 Å². The molecule has 1 saturated heterocycles. The molecule has 0 aliphatic carbocycles. The van der Waals surface area contributed by atoms with Crippen LogP contribution in [0.25, 0.3) is 0 Å². The van der Waals surface area contributed by atoms with E-state index in [1.807, 2.05) is 0 Å². The summed E-state index contributed by atoms with van der Waals surface area (Å²) in [5, 5.41) is 13.5. The lowest BCUT2D eigenvalue weighted by atomic mass is 10.2. The highest BCUT2D eigenvalue weighted by Crippen LogP contribution is 2.24. The Balaban J connectivity index is 2.15. The zero-order valence-corrected chi connectivity index (χ0v) is 12.7. The van der Waals surface area contributed by atoms with Gasteiger partial charge in [-0.1, -0.05) is 11.6 Å². The van der Waals surface area contributed by atoms with Gasteiger partial charge in [0.15, 0.2) is 6.10 Å². The number of hydrogen-bond acceptors (Lipinski definition) is 6. The normalized spacial score (nSPS) is 15.0. The van der Waals surface area contributed by atoms with Crippen LogP contribution in [0.5, 0.6) is 0 Å². The fourth-order valence-corrected chi connectivity index (χ4v) is 2.18. The number of ether oxygens (including phenoxy) is 1. The molecule has 0 aromatic heterocycles. The highest BCUT2D eigenvalue weighted by Gasteiger charge is 2.33. The van der Waals surface area contributed by atoms with Crippen molar-refractivity contribution in [2.24, 2.45) is 0 Å². The smallest absolute Gasteiger partial charge is 0.345 e. The Labute approximate surface area is 135 Å². The second-order valence-electron chi connectivity index (χ2n) is 4.69. The van der Waals surface area contributed by atoms with E-state index in [-0.39, 0.29) is 17.1 Å². The Hall–Kier alpha value is -2.68. The maximum atomic E-state index is 12.1. The first-order valence-corrected chi connectivity index (χ1v) is 6.93. The fourth-order valence-electron chi connectivity index (χ4n) is 2.01. The third kappa shape index (κ3) is 3.57. The summed E-state index contributed by atoms with van der Waals surface area (Å²) in [6.07, 6.45) is -1.27. The van der Waals surface area contributed by atoms with E-state index in [4.69, 9.17) is 16.3 Å². The highest BCUT2D eigenvalue weighted by atomic mass is 35.5. The van der Waals surface area contributed by atoms with Crippen molar-refractivity contribution in [3.63, 3.8) is 0 Å². The van der Waals surface area contributed by atoms with E-state index >= 15 is 0 Å². The van der Waals surface area contributed by atoms with Gasteiger partial charge in [-0.25, -0.2) is 9.59 Å². The van der Waals surface area contributed by atoms with Crippen molar-refractivity contribution in [3.8, 4) is 0 Å². The summed E-state index contributed by atoms with van der Waals surface area (Å²) in [5.74, 6) is -1.78. The standard InChI is InChI=1S/C13H12ClN3O6/c1-7(11(18)16-5-4-15-13(16)20)23-12(19)9-6-8(14)2-3-10(9)17(21)22/h2-3,6-7H,4-5H2,1H3,(H,15,20)/t7-/m0/s1. The summed E-state index contributed by atoms with van der Waals surface area (Å²) >= 11 is 5.73. The maximum Gasteiger partial charge on any atom is 0.345 e. The molecular weight excluding hydrogens is 330 g/mol. The van der Waals surface area contributed by atoms with Crippen molar-refractivity contribution in [1.29, 1.82) is 0 Å². The lowest BCUT2D eigenvalue weighted by Crippen LogP contribution is -2.41. The van der Waals surface area contributed by atoms with Crippen LogP contribution in [0.4, 0.5) is 10.5 Å². The number of hydrogen-bond donors (Lipinski definition) is 1. The van der Waals surface area contributed by atoms with Gasteiger partial charge in [0, 0.05) is 24.2 Å². The van der Waals surface area contributed by atoms with Crippen molar-refractivity contribution in [3.05, 3.63) is 38.9 Å². The van der Waals surface area contributed by atoms with Gasteiger partial charge in [-0.2, -0.15) is 0 Å². The van der Waals surface area contributed by atoms with E-state index < -0.39 is 34.6 Å². The minimum absolute atomic E-state index is 0.112. The lowest BCUT2D eigenvalue weighted by Gasteiger charge is -2.18. The molecule has 1 aromatic carbocycles. The van der Waals surface area contributed by atoms with Crippen LogP contribution in [0.3, 0.4) is 0 Å². The van der Waals surface area contributed by atoms with E-state index in [1.54, 1.807) is 0 Å². The molecule has 0 bridgehead atoms. The second kappa shape index (κ2) is 6.61. The topological polar surface area (TPSA) is 119 Å². The van der Waals surface area contributed by atoms with Gasteiger partial charge >= 0.3 is 12.0 Å². The number of benzene rings is 1. The first-order valence-electron chi connectivity index (χ1n) is 6.55. The number of nitro benzene ring substituents is 1. The summed E-state index contributed by atoms with van der Waals surface area (Å²) in [6, 6.07) is 2.84. The Kier molecular flexibility index (Phi) is 4.80. The molecule has 0 spiro atoms. The number of carbonyl (C=O) groups is 3. The second-order valence-corrected chi connectivity index (χ2v) is 5.12. The zero-order valence-electron chi connectivity index (χ0n) is 11.9. The van der Waals surface area contributed by atoms with Gasteiger partial charge in [0.25, 0.3) is 11.6 Å². The van der Waals surface area contributed by atoms with Crippen molar-refractivity contribution in [1.82, 2.24) is 10.2 Å². The molecule has 1 N–H and O–H groups in total. The quantitative estimate of drug-likeness (QED) is 0.501. The highest BCUT2D eigenvalue weighted by molar-refractivity contribution is 6.31. The van der Waals surface area contributed by atoms with Crippen LogP contribution in [0.2, 0.25) is 5.02 Å². The molecule has 122 valence electrons. The monoisotopic (exact) mass is 341 g/mol. The molecule has 1 aromatic rings. The van der Waals surface area contributed by atoms with Crippen molar-refractivity contribution < 1.29 is 24.0 Å². The molecule has 3 amide bonds. The van der Waals surface area contributed by atoms with Gasteiger partial charge in [-0.15, -0.1) is 0 Å². The summed E-state index contributed by atoms with van der Waals surface area (Å²) < 4.78 is 4.93. The van der Waals surface area contributed by atoms with Crippen LogP contribution in [0.1, 0.15) is 17.3 Å². The number of imide groups is 1. The van der Waals surface area contributed by atoms with Gasteiger partial charge in [0.2, 0.25) is 0 Å². The molecule has 0 unspecified atom stereocenters. The van der Waals surface area contributed by atoms with Gasteiger partial charge in [-0.3, -0.25) is 19.8 Å². The molecule has 10 heteroatoms. The summed E-state index contributed by atoms with van der Waals surface area (Å²) in [6.45, 7) is 1.75. The number of esters is 1. The van der Waals surface area contributed by atoms with Crippen LogP contribution < -0.4 is 5.32 Å². The molecule has 1 aliphatic rings. The third-order valence-electron chi connectivity index (χ3n) is 3.13. The molecule has 0 saturated carbocycles. The maximum absolute atomic E-state index is 12.1. The number of urea groups is 1. The average molecular weight is 342 g/mol. The van der Waals surface area contributed by atoms with Crippen molar-refractivity contribution in [2.75, 3.05) is 13.1 Å². The van der Waals surface area contributed by atoms with Crippen LogP contribution in [-0.2, 0) is 9.53 Å². The van der Waals surface area contributed by atoms with E-state index in [2.05, 4.69) is 5.32 Å². The predicted octanol–water partition coefficient (Wildman–Crippen LogP) is 1.35. The van der Waals surface area contributed by atoms with Crippen LogP contribution in [0.15, 0.2) is 18.2 Å². The minimum atomic E-state index is -1.27. The lowest BCUT2D eigenvalue weighted by molar-refractivity contribution is -0.385. The Morgan fingerprint density at radius 3 is 2.74 bits per heavy atom. The summed E-state index contributed by atoms with van der Waals surface area (Å²) in [4.78, 5) is 46.6. The predicted molar refractivity (Wildman–Crippen MR) is 78.1 cm³/mol. The van der Waals surface area contributed by atoms with E-state index in [0.29, 0.717) is 6.54 Å². The number of amides is 3. The Bertz CT molecular complexity index is 692. The number of nitro groups is 1. The number of nitrogens with zero attached hydrogens (tertiary/aromatic N) is 2. The van der Waals surface area contributed by atoms with Gasteiger partial charge in [0.05, 0.1) is 4.92 Å². The van der Waals surface area contributed by atoms with Gasteiger partial charge < -0.3 is 10.1 Å². The first kappa shape index (κ1) is 16.7. The molecule has 9 nitrogen and oxygen atoms in total. The molecular formula is C13H12ClN3O6. The molecule has 23 heavy (non-hydrogen) atoms. The summed E-state index contributed by atoms with van der Waals surface area (Å²) in [7, 11) is 0. The number of halogens is 1.